The topological polar surface area (TPSA) is 171 Å². The molecular formula is C35H54N3O11PS. The Morgan fingerprint density at radius 1 is 1.02 bits per heavy atom. The number of rotatable bonds is 21. The van der Waals surface area contributed by atoms with Gasteiger partial charge >= 0.3 is 13.7 Å². The zero-order valence-corrected chi connectivity index (χ0v) is 31.9. The first-order chi connectivity index (χ1) is 24.4. The summed E-state index contributed by atoms with van der Waals surface area (Å²) >= 11 is 0. The summed E-state index contributed by atoms with van der Waals surface area (Å²) in [5, 5.41) is 17.7. The van der Waals surface area contributed by atoms with Crippen LogP contribution >= 0.6 is 7.60 Å². The summed E-state index contributed by atoms with van der Waals surface area (Å²) in [5.41, 5.74) is 1.77. The lowest BCUT2D eigenvalue weighted by Gasteiger charge is -2.31. The standard InChI is InChI=1S/C35H54N3O11PS/c1-6-47-50(41,48-7-2)19-17-36-21-27-10-8-26(9-11-27)20-31(37-35(40)49-33-24-46-34-30(33)16-18-45-34)32(39)23-38(22-25(3)4)51(42,43)29-14-12-28(44-5)13-15-29/h8-15,25,30-34,36,39H,6-7,16-24H2,1-5H3,(H,37,40)/t30-,31-,32+,33-,34+/m0/s1. The van der Waals surface area contributed by atoms with E-state index in [0.717, 1.165) is 11.1 Å². The molecule has 2 aliphatic heterocycles. The first kappa shape index (κ1) is 41.2. The molecule has 0 aliphatic carbocycles. The molecule has 0 aromatic heterocycles. The number of fused-ring (bicyclic) bond motifs is 1. The zero-order valence-electron chi connectivity index (χ0n) is 30.2. The van der Waals surface area contributed by atoms with Crippen molar-refractivity contribution < 1.29 is 50.9 Å². The lowest BCUT2D eigenvalue weighted by atomic mass is 10.00. The molecule has 1 amide bonds. The first-order valence-electron chi connectivity index (χ1n) is 17.6. The molecule has 286 valence electrons. The van der Waals surface area contributed by atoms with E-state index in [4.69, 9.17) is 28.0 Å². The summed E-state index contributed by atoms with van der Waals surface area (Å²) in [6, 6.07) is 12.8. The highest BCUT2D eigenvalue weighted by Gasteiger charge is 2.44. The number of aliphatic hydroxyl groups is 1. The van der Waals surface area contributed by atoms with Gasteiger partial charge in [0.15, 0.2) is 6.29 Å². The maximum absolute atomic E-state index is 13.8. The van der Waals surface area contributed by atoms with Crippen molar-refractivity contribution in [1.29, 1.82) is 0 Å². The number of carbonyl (C=O) groups is 1. The van der Waals surface area contributed by atoms with Crippen LogP contribution in [0, 0.1) is 11.8 Å². The van der Waals surface area contributed by atoms with E-state index in [1.54, 1.807) is 26.0 Å². The summed E-state index contributed by atoms with van der Waals surface area (Å²) in [6.45, 7) is 9.53. The number of benzene rings is 2. The number of sulfonamides is 1. The molecule has 2 fully saturated rings. The van der Waals surface area contributed by atoms with Crippen molar-refractivity contribution in [2.45, 2.75) is 76.5 Å². The third kappa shape index (κ3) is 12.0. The lowest BCUT2D eigenvalue weighted by Crippen LogP contribution is -2.51. The number of hydrogen-bond acceptors (Lipinski definition) is 12. The van der Waals surface area contributed by atoms with Gasteiger partial charge in [-0.15, -0.1) is 0 Å². The summed E-state index contributed by atoms with van der Waals surface area (Å²) < 4.78 is 74.4. The van der Waals surface area contributed by atoms with Gasteiger partial charge < -0.3 is 43.7 Å². The number of ether oxygens (including phenoxy) is 4. The molecule has 2 aromatic carbocycles. The Bertz CT molecular complexity index is 1520. The van der Waals surface area contributed by atoms with Crippen LogP contribution in [-0.4, -0.2) is 108 Å². The van der Waals surface area contributed by atoms with Gasteiger partial charge in [0.25, 0.3) is 0 Å². The fourth-order valence-corrected chi connectivity index (χ4v) is 9.29. The van der Waals surface area contributed by atoms with E-state index in [9.17, 15) is 22.9 Å². The van der Waals surface area contributed by atoms with E-state index >= 15 is 0 Å². The molecule has 2 aromatic rings. The van der Waals surface area contributed by atoms with Crippen molar-refractivity contribution in [1.82, 2.24) is 14.9 Å². The van der Waals surface area contributed by atoms with Gasteiger partial charge in [0.1, 0.15) is 11.9 Å². The largest absolute Gasteiger partial charge is 0.497 e. The van der Waals surface area contributed by atoms with E-state index in [1.807, 2.05) is 38.1 Å². The number of nitrogens with one attached hydrogen (secondary N) is 2. The molecule has 16 heteroatoms. The van der Waals surface area contributed by atoms with Crippen LogP contribution in [-0.2, 0) is 50.8 Å². The summed E-state index contributed by atoms with van der Waals surface area (Å²) in [7, 11) is -5.65. The van der Waals surface area contributed by atoms with Crippen LogP contribution in [0.5, 0.6) is 5.75 Å². The van der Waals surface area contributed by atoms with Crippen LogP contribution in [0.4, 0.5) is 4.79 Å². The monoisotopic (exact) mass is 755 g/mol. The molecule has 0 saturated carbocycles. The SMILES string of the molecule is CCOP(=O)(CCNCc1ccc(C[C@H](NC(=O)O[C@H]2CO[C@H]3OCC[C@H]32)[C@H](O)CN(CC(C)C)S(=O)(=O)c2ccc(OC)cc2)cc1)OCC. The highest BCUT2D eigenvalue weighted by Crippen LogP contribution is 2.47. The molecule has 2 saturated heterocycles. The molecule has 51 heavy (non-hydrogen) atoms. The Kier molecular flexibility index (Phi) is 15.7. The Morgan fingerprint density at radius 2 is 1.69 bits per heavy atom. The van der Waals surface area contributed by atoms with Gasteiger partial charge in [-0.3, -0.25) is 4.57 Å². The predicted molar refractivity (Wildman–Crippen MR) is 191 cm³/mol. The number of carbonyl (C=O) groups excluding carboxylic acids is 1. The quantitative estimate of drug-likeness (QED) is 0.123. The second-order valence-electron chi connectivity index (χ2n) is 13.0. The fourth-order valence-electron chi connectivity index (χ4n) is 6.12. The maximum Gasteiger partial charge on any atom is 0.407 e. The number of nitrogens with zero attached hydrogens (tertiary/aromatic N) is 1. The second-order valence-corrected chi connectivity index (χ2v) is 17.2. The van der Waals surface area contributed by atoms with Crippen molar-refractivity contribution in [2.75, 3.05) is 59.3 Å². The van der Waals surface area contributed by atoms with Crippen molar-refractivity contribution in [2.24, 2.45) is 11.8 Å². The zero-order chi connectivity index (χ0) is 37.0. The number of aliphatic hydroxyl groups excluding tert-OH is 1. The highest BCUT2D eigenvalue weighted by molar-refractivity contribution is 7.89. The number of hydrogen-bond donors (Lipinski definition) is 3. The van der Waals surface area contributed by atoms with Crippen molar-refractivity contribution in [3.8, 4) is 5.75 Å². The number of methoxy groups -OCH3 is 1. The molecule has 14 nitrogen and oxygen atoms in total. The van der Waals surface area contributed by atoms with Crippen LogP contribution in [0.2, 0.25) is 0 Å². The van der Waals surface area contributed by atoms with Crippen molar-refractivity contribution in [3.63, 3.8) is 0 Å². The van der Waals surface area contributed by atoms with Gasteiger partial charge in [0, 0.05) is 26.2 Å². The molecule has 3 N–H and O–H groups in total. The molecule has 2 heterocycles. The Labute approximate surface area is 302 Å². The fraction of sp³-hybridized carbons (Fsp3) is 0.629. The first-order valence-corrected chi connectivity index (χ1v) is 20.7. The normalized spacial score (nSPS) is 20.4. The molecule has 4 rings (SSSR count). The van der Waals surface area contributed by atoms with Crippen molar-refractivity contribution in [3.05, 3.63) is 59.7 Å². The van der Waals surface area contributed by atoms with Crippen LogP contribution in [0.15, 0.2) is 53.4 Å². The van der Waals surface area contributed by atoms with E-state index in [0.29, 0.717) is 45.1 Å². The lowest BCUT2D eigenvalue weighted by molar-refractivity contribution is -0.0907. The summed E-state index contributed by atoms with van der Waals surface area (Å²) in [5.74, 6) is 0.407. The minimum absolute atomic E-state index is 0.0445. The molecule has 5 atom stereocenters. The Morgan fingerprint density at radius 3 is 2.31 bits per heavy atom. The predicted octanol–water partition coefficient (Wildman–Crippen LogP) is 4.16. The average molecular weight is 756 g/mol. The van der Waals surface area contributed by atoms with Gasteiger partial charge in [-0.05, 0) is 68.0 Å². The summed E-state index contributed by atoms with van der Waals surface area (Å²) in [6.07, 6.45) is -1.76. The van der Waals surface area contributed by atoms with Gasteiger partial charge in [0.05, 0.1) is 62.7 Å². The van der Waals surface area contributed by atoms with Gasteiger partial charge in [-0.2, -0.15) is 4.31 Å². The molecule has 0 bridgehead atoms. The van der Waals surface area contributed by atoms with Crippen LogP contribution in [0.3, 0.4) is 0 Å². The molecule has 0 spiro atoms. The van der Waals surface area contributed by atoms with E-state index in [-0.39, 0.29) is 49.0 Å². The second kappa shape index (κ2) is 19.5. The van der Waals surface area contributed by atoms with Gasteiger partial charge in [-0.25, -0.2) is 13.2 Å². The minimum Gasteiger partial charge on any atom is -0.497 e. The van der Waals surface area contributed by atoms with E-state index in [1.165, 1.54) is 23.5 Å². The molecule has 2 aliphatic rings. The van der Waals surface area contributed by atoms with Crippen molar-refractivity contribution >= 4 is 23.7 Å². The number of amides is 1. The summed E-state index contributed by atoms with van der Waals surface area (Å²) in [4.78, 5) is 13.3. The minimum atomic E-state index is -4.01. The Hall–Kier alpha value is -2.59. The molecule has 0 radical (unpaired) electrons. The van der Waals surface area contributed by atoms with Crippen LogP contribution in [0.25, 0.3) is 0 Å². The van der Waals surface area contributed by atoms with Crippen LogP contribution < -0.4 is 15.4 Å². The number of alkyl carbamates (subject to hydrolysis) is 1. The van der Waals surface area contributed by atoms with Gasteiger partial charge in [0.2, 0.25) is 10.0 Å². The molecular weight excluding hydrogens is 701 g/mol. The smallest absolute Gasteiger partial charge is 0.407 e. The van der Waals surface area contributed by atoms with Gasteiger partial charge in [-0.1, -0.05) is 38.1 Å². The third-order valence-electron chi connectivity index (χ3n) is 8.69. The van der Waals surface area contributed by atoms with Crippen LogP contribution in [0.1, 0.15) is 45.2 Å². The Balaban J connectivity index is 1.46. The molecule has 0 unspecified atom stereocenters. The average Bonchev–Trinajstić information content (AvgIpc) is 3.72. The van der Waals surface area contributed by atoms with E-state index < -0.39 is 48.3 Å². The highest BCUT2D eigenvalue weighted by atomic mass is 32.2. The third-order valence-corrected chi connectivity index (χ3v) is 12.6. The maximum atomic E-state index is 13.8. The van der Waals surface area contributed by atoms with E-state index in [2.05, 4.69) is 10.6 Å².